The van der Waals surface area contributed by atoms with E-state index >= 15 is 0 Å². The second-order valence-corrected chi connectivity index (χ2v) is 3.34. The van der Waals surface area contributed by atoms with Gasteiger partial charge in [-0.1, -0.05) is 0 Å². The van der Waals surface area contributed by atoms with E-state index in [0.29, 0.717) is 12.0 Å². The maximum atomic E-state index is 12.8. The van der Waals surface area contributed by atoms with E-state index in [1.807, 2.05) is 0 Å². The number of hydrogen-bond donors (Lipinski definition) is 0. The molecule has 2 rings (SSSR count). The largest absolute Gasteiger partial charge is 0.303 e. The fraction of sp³-hybridized carbons (Fsp3) is 1.00. The Hall–Kier alpha value is -0.110. The quantitative estimate of drug-likeness (QED) is 0.472. The summed E-state index contributed by atoms with van der Waals surface area (Å²) < 4.78 is 12.8. The van der Waals surface area contributed by atoms with Crippen molar-refractivity contribution in [1.29, 1.82) is 0 Å². The lowest BCUT2D eigenvalue weighted by molar-refractivity contribution is 0.165. The maximum absolute atomic E-state index is 12.8. The van der Waals surface area contributed by atoms with E-state index in [1.54, 1.807) is 0 Å². The van der Waals surface area contributed by atoms with E-state index in [0.717, 1.165) is 19.4 Å². The van der Waals surface area contributed by atoms with E-state index in [-0.39, 0.29) is 0 Å². The van der Waals surface area contributed by atoms with E-state index in [2.05, 4.69) is 11.9 Å². The third kappa shape index (κ3) is 0.692. The molecule has 2 unspecified atom stereocenters. The van der Waals surface area contributed by atoms with Crippen LogP contribution >= 0.6 is 0 Å². The lowest BCUT2D eigenvalue weighted by Gasteiger charge is -2.23. The van der Waals surface area contributed by atoms with Crippen LogP contribution < -0.4 is 0 Å². The second-order valence-electron chi connectivity index (χ2n) is 3.34. The Balaban J connectivity index is 2.10. The van der Waals surface area contributed by atoms with Gasteiger partial charge in [-0.15, -0.1) is 0 Å². The molecule has 0 amide bonds. The molecular formula is C7H12FN. The Morgan fingerprint density at radius 1 is 1.44 bits per heavy atom. The van der Waals surface area contributed by atoms with Crippen LogP contribution in [-0.4, -0.2) is 30.7 Å². The lowest BCUT2D eigenvalue weighted by Crippen LogP contribution is -2.32. The van der Waals surface area contributed by atoms with Gasteiger partial charge in [0.2, 0.25) is 0 Å². The predicted octanol–water partition coefficient (Wildman–Crippen LogP) is 1.05. The molecule has 0 N–H and O–H groups in total. The van der Waals surface area contributed by atoms with Crippen LogP contribution in [0.2, 0.25) is 0 Å². The number of rotatable bonds is 0. The maximum Gasteiger partial charge on any atom is 0.106 e. The molecule has 52 valence electrons. The summed E-state index contributed by atoms with van der Waals surface area (Å²) in [4.78, 5) is 2.28. The first-order valence-corrected chi connectivity index (χ1v) is 3.61. The number of piperidine rings is 1. The van der Waals surface area contributed by atoms with Crippen LogP contribution in [0.15, 0.2) is 0 Å². The minimum absolute atomic E-state index is 0.375. The molecule has 1 saturated heterocycles. The molecule has 0 aromatic carbocycles. The number of nitrogens with zero attached hydrogens (tertiary/aromatic N) is 1. The van der Waals surface area contributed by atoms with Crippen molar-refractivity contribution >= 4 is 0 Å². The molecule has 2 fully saturated rings. The van der Waals surface area contributed by atoms with Crippen molar-refractivity contribution in [3.8, 4) is 0 Å². The summed E-state index contributed by atoms with van der Waals surface area (Å²) >= 11 is 0. The molecule has 0 aromatic rings. The second kappa shape index (κ2) is 1.69. The van der Waals surface area contributed by atoms with Crippen molar-refractivity contribution in [2.24, 2.45) is 5.92 Å². The van der Waals surface area contributed by atoms with E-state index < -0.39 is 6.17 Å². The van der Waals surface area contributed by atoms with Gasteiger partial charge in [-0.2, -0.15) is 0 Å². The minimum atomic E-state index is -0.480. The average Bonchev–Trinajstić information content (AvgIpc) is 2.24. The average molecular weight is 129 g/mol. The molecule has 2 bridgehead atoms. The molecule has 0 aromatic heterocycles. The first-order valence-electron chi connectivity index (χ1n) is 3.61. The summed E-state index contributed by atoms with van der Waals surface area (Å²) in [6, 6.07) is 0.574. The smallest absolute Gasteiger partial charge is 0.106 e. The third-order valence-electron chi connectivity index (χ3n) is 2.73. The van der Waals surface area contributed by atoms with Crippen LogP contribution in [0, 0.1) is 5.92 Å². The number of alkyl halides is 1. The molecule has 1 aliphatic carbocycles. The number of hydrogen-bond acceptors (Lipinski definition) is 1. The van der Waals surface area contributed by atoms with Crippen molar-refractivity contribution in [3.63, 3.8) is 0 Å². The summed E-state index contributed by atoms with van der Waals surface area (Å²) in [5, 5.41) is 0. The molecule has 0 radical (unpaired) electrons. The van der Waals surface area contributed by atoms with Crippen LogP contribution in [-0.2, 0) is 0 Å². The van der Waals surface area contributed by atoms with Crippen LogP contribution in [0.4, 0.5) is 4.39 Å². The van der Waals surface area contributed by atoms with E-state index in [4.69, 9.17) is 0 Å². The van der Waals surface area contributed by atoms with Gasteiger partial charge in [0, 0.05) is 18.5 Å². The predicted molar refractivity (Wildman–Crippen MR) is 34.0 cm³/mol. The van der Waals surface area contributed by atoms with Gasteiger partial charge in [-0.25, -0.2) is 4.39 Å². The standard InChI is InChI=1S/C7H12FN/c1-9-4-5-2-6(9)3-7(5)8/h5-7H,2-4H2,1H3/t5?,6-,7?/m0/s1. The zero-order chi connectivity index (χ0) is 6.43. The topological polar surface area (TPSA) is 3.24 Å². The fourth-order valence-corrected chi connectivity index (χ4v) is 2.11. The monoisotopic (exact) mass is 129 g/mol. The molecule has 2 aliphatic rings. The van der Waals surface area contributed by atoms with Crippen molar-refractivity contribution in [2.45, 2.75) is 25.1 Å². The Morgan fingerprint density at radius 2 is 2.22 bits per heavy atom. The highest BCUT2D eigenvalue weighted by atomic mass is 19.1. The third-order valence-corrected chi connectivity index (χ3v) is 2.73. The highest BCUT2D eigenvalue weighted by Crippen LogP contribution is 2.38. The summed E-state index contributed by atoms with van der Waals surface area (Å²) in [5.41, 5.74) is 0. The summed E-state index contributed by atoms with van der Waals surface area (Å²) in [6.45, 7) is 0.992. The van der Waals surface area contributed by atoms with Gasteiger partial charge >= 0.3 is 0 Å². The molecule has 1 aliphatic heterocycles. The van der Waals surface area contributed by atoms with Crippen LogP contribution in [0.5, 0.6) is 0 Å². The first kappa shape index (κ1) is 5.66. The molecule has 1 heterocycles. The van der Waals surface area contributed by atoms with Crippen molar-refractivity contribution in [1.82, 2.24) is 4.90 Å². The zero-order valence-electron chi connectivity index (χ0n) is 5.68. The van der Waals surface area contributed by atoms with Crippen molar-refractivity contribution in [3.05, 3.63) is 0 Å². The highest BCUT2D eigenvalue weighted by Gasteiger charge is 2.42. The summed E-state index contributed by atoms with van der Waals surface area (Å²) in [6.07, 6.45) is 1.42. The van der Waals surface area contributed by atoms with E-state index in [9.17, 15) is 4.39 Å². The minimum Gasteiger partial charge on any atom is -0.303 e. The SMILES string of the molecule is CN1CC2C[C@H]1CC2F. The Kier molecular flexibility index (Phi) is 1.06. The van der Waals surface area contributed by atoms with Crippen LogP contribution in [0.25, 0.3) is 0 Å². The fourth-order valence-electron chi connectivity index (χ4n) is 2.11. The molecule has 3 atom stereocenters. The van der Waals surface area contributed by atoms with Crippen LogP contribution in [0.1, 0.15) is 12.8 Å². The van der Waals surface area contributed by atoms with E-state index in [1.165, 1.54) is 0 Å². The van der Waals surface area contributed by atoms with Crippen LogP contribution in [0.3, 0.4) is 0 Å². The molecular weight excluding hydrogens is 117 g/mol. The molecule has 1 saturated carbocycles. The molecule has 9 heavy (non-hydrogen) atoms. The van der Waals surface area contributed by atoms with Gasteiger partial charge in [-0.3, -0.25) is 0 Å². The normalized spacial score (nSPS) is 50.7. The van der Waals surface area contributed by atoms with Crippen molar-refractivity contribution < 1.29 is 4.39 Å². The van der Waals surface area contributed by atoms with Gasteiger partial charge in [0.15, 0.2) is 0 Å². The Bertz CT molecular complexity index is 108. The van der Waals surface area contributed by atoms with Gasteiger partial charge in [-0.05, 0) is 19.9 Å². The van der Waals surface area contributed by atoms with Crippen molar-refractivity contribution in [2.75, 3.05) is 13.6 Å². The number of halogens is 1. The van der Waals surface area contributed by atoms with Gasteiger partial charge in [0.1, 0.15) is 6.17 Å². The number of fused-ring (bicyclic) bond motifs is 2. The Morgan fingerprint density at radius 3 is 2.56 bits per heavy atom. The van der Waals surface area contributed by atoms with Gasteiger partial charge in [0.25, 0.3) is 0 Å². The lowest BCUT2D eigenvalue weighted by atomic mass is 10.1. The summed E-state index contributed by atoms with van der Waals surface area (Å²) in [5.74, 6) is 0.375. The van der Waals surface area contributed by atoms with Gasteiger partial charge < -0.3 is 4.90 Å². The molecule has 2 heteroatoms. The zero-order valence-corrected chi connectivity index (χ0v) is 5.68. The molecule has 0 spiro atoms. The first-order chi connectivity index (χ1) is 4.27. The molecule has 1 nitrogen and oxygen atoms in total. The van der Waals surface area contributed by atoms with Gasteiger partial charge in [0.05, 0.1) is 0 Å². The Labute approximate surface area is 54.8 Å². The summed E-state index contributed by atoms with van der Waals surface area (Å²) in [7, 11) is 2.09. The number of likely N-dealkylation sites (tertiary alicyclic amines) is 1. The highest BCUT2D eigenvalue weighted by molar-refractivity contribution is 4.96.